The molecule has 5 heteroatoms. The van der Waals surface area contributed by atoms with Crippen LogP contribution >= 0.6 is 0 Å². The number of azide groups is 1. The fourth-order valence-electron chi connectivity index (χ4n) is 1.18. The number of rotatable bonds is 4. The molecule has 0 aliphatic carbocycles. The second kappa shape index (κ2) is 6.12. The molecule has 5 nitrogen and oxygen atoms in total. The second-order valence-electron chi connectivity index (χ2n) is 2.88. The summed E-state index contributed by atoms with van der Waals surface area (Å²) in [5, 5.41) is 12.1. The zero-order valence-electron chi connectivity index (χ0n) is 8.79. The van der Waals surface area contributed by atoms with E-state index in [0.29, 0.717) is 17.9 Å². The Hall–Kier alpha value is -2.44. The highest BCUT2D eigenvalue weighted by molar-refractivity contribution is 5.59. The topological polar surface area (TPSA) is 81.8 Å². The highest BCUT2D eigenvalue weighted by atomic mass is 16.5. The molecule has 0 aromatic heterocycles. The lowest BCUT2D eigenvalue weighted by atomic mass is 10.1. The molecule has 0 amide bonds. The van der Waals surface area contributed by atoms with Crippen molar-refractivity contribution < 1.29 is 4.74 Å². The smallest absolute Gasteiger partial charge is 0.127 e. The van der Waals surface area contributed by atoms with Crippen LogP contribution in [0, 0.1) is 11.3 Å². The number of nitriles is 1. The summed E-state index contributed by atoms with van der Waals surface area (Å²) in [5.41, 5.74) is 9.48. The molecule has 0 radical (unpaired) electrons. The summed E-state index contributed by atoms with van der Waals surface area (Å²) in [6.07, 6.45) is 3.51. The predicted molar refractivity (Wildman–Crippen MR) is 60.8 cm³/mol. The summed E-state index contributed by atoms with van der Waals surface area (Å²) < 4.78 is 5.14. The van der Waals surface area contributed by atoms with Gasteiger partial charge in [-0.1, -0.05) is 17.3 Å². The van der Waals surface area contributed by atoms with Crippen molar-refractivity contribution in [3.05, 3.63) is 45.8 Å². The Morgan fingerprint density at radius 3 is 3.06 bits per heavy atom. The first-order valence-corrected chi connectivity index (χ1v) is 4.57. The van der Waals surface area contributed by atoms with Crippen LogP contribution in [-0.4, -0.2) is 13.7 Å². The van der Waals surface area contributed by atoms with E-state index in [-0.39, 0.29) is 0 Å². The van der Waals surface area contributed by atoms with E-state index in [1.807, 2.05) is 6.07 Å². The van der Waals surface area contributed by atoms with Crippen LogP contribution in [0.5, 0.6) is 5.75 Å². The molecule has 0 bridgehead atoms. The van der Waals surface area contributed by atoms with E-state index in [0.717, 1.165) is 5.56 Å². The molecular formula is C11H10N4O. The first kappa shape index (κ1) is 11.6. The minimum atomic E-state index is 0.291. The fourth-order valence-corrected chi connectivity index (χ4v) is 1.18. The molecule has 0 spiro atoms. The summed E-state index contributed by atoms with van der Waals surface area (Å²) in [7, 11) is 1.54. The van der Waals surface area contributed by atoms with Gasteiger partial charge in [-0.15, -0.1) is 0 Å². The van der Waals surface area contributed by atoms with E-state index in [9.17, 15) is 0 Å². The standard InChI is InChI=1S/C11H10N4O/c1-16-11-7-9(8-12)4-5-10(11)3-2-6-14-15-13/h2-5,7H,6H2,1H3. The van der Waals surface area contributed by atoms with E-state index in [1.165, 1.54) is 0 Å². The molecule has 1 aromatic carbocycles. The minimum Gasteiger partial charge on any atom is -0.496 e. The lowest BCUT2D eigenvalue weighted by molar-refractivity contribution is 0.413. The summed E-state index contributed by atoms with van der Waals surface area (Å²) in [6, 6.07) is 7.18. The van der Waals surface area contributed by atoms with Gasteiger partial charge in [0.15, 0.2) is 0 Å². The zero-order valence-corrected chi connectivity index (χ0v) is 8.79. The van der Waals surface area contributed by atoms with Crippen LogP contribution < -0.4 is 4.74 Å². The fraction of sp³-hybridized carbons (Fsp3) is 0.182. The van der Waals surface area contributed by atoms with Gasteiger partial charge in [0.1, 0.15) is 5.75 Å². The van der Waals surface area contributed by atoms with Gasteiger partial charge in [-0.05, 0) is 23.7 Å². The summed E-state index contributed by atoms with van der Waals surface area (Å²) in [4.78, 5) is 2.64. The average molecular weight is 214 g/mol. The number of methoxy groups -OCH3 is 1. The van der Waals surface area contributed by atoms with E-state index in [2.05, 4.69) is 10.0 Å². The van der Waals surface area contributed by atoms with E-state index in [4.69, 9.17) is 15.5 Å². The molecule has 80 valence electrons. The van der Waals surface area contributed by atoms with Crippen molar-refractivity contribution in [3.8, 4) is 11.8 Å². The normalized spacial score (nSPS) is 9.50. The first-order chi connectivity index (χ1) is 7.81. The number of nitrogens with zero attached hydrogens (tertiary/aromatic N) is 4. The molecule has 16 heavy (non-hydrogen) atoms. The Morgan fingerprint density at radius 2 is 2.44 bits per heavy atom. The molecule has 0 aliphatic heterocycles. The summed E-state index contributed by atoms with van der Waals surface area (Å²) >= 11 is 0. The summed E-state index contributed by atoms with van der Waals surface area (Å²) in [6.45, 7) is 0.291. The highest BCUT2D eigenvalue weighted by Gasteiger charge is 2.00. The largest absolute Gasteiger partial charge is 0.496 e. The third kappa shape index (κ3) is 3.05. The van der Waals surface area contributed by atoms with Crippen molar-refractivity contribution in [2.75, 3.05) is 13.7 Å². The van der Waals surface area contributed by atoms with Gasteiger partial charge in [0.05, 0.1) is 18.7 Å². The Balaban J connectivity index is 2.92. The maximum Gasteiger partial charge on any atom is 0.127 e. The molecular weight excluding hydrogens is 204 g/mol. The van der Waals surface area contributed by atoms with Crippen LogP contribution in [0.4, 0.5) is 0 Å². The molecule has 0 heterocycles. The molecule has 0 unspecified atom stereocenters. The SMILES string of the molecule is COc1cc(C#N)ccc1C=CCN=[N+]=[N-]. The lowest BCUT2D eigenvalue weighted by Gasteiger charge is -2.04. The van der Waals surface area contributed by atoms with Crippen molar-refractivity contribution in [3.63, 3.8) is 0 Å². The van der Waals surface area contributed by atoms with Crippen LogP contribution in [0.25, 0.3) is 16.5 Å². The monoisotopic (exact) mass is 214 g/mol. The van der Waals surface area contributed by atoms with Crippen LogP contribution in [0.1, 0.15) is 11.1 Å². The van der Waals surface area contributed by atoms with Crippen LogP contribution in [0.2, 0.25) is 0 Å². The van der Waals surface area contributed by atoms with Gasteiger partial charge in [-0.25, -0.2) is 0 Å². The van der Waals surface area contributed by atoms with Crippen LogP contribution in [-0.2, 0) is 0 Å². The molecule has 0 N–H and O–H groups in total. The third-order valence-corrected chi connectivity index (χ3v) is 1.91. The molecule has 0 aliphatic rings. The lowest BCUT2D eigenvalue weighted by Crippen LogP contribution is -1.88. The Kier molecular flexibility index (Phi) is 4.45. The molecule has 0 saturated heterocycles. The quantitative estimate of drug-likeness (QED) is 0.438. The number of benzene rings is 1. The van der Waals surface area contributed by atoms with Gasteiger partial charge in [-0.3, -0.25) is 0 Å². The van der Waals surface area contributed by atoms with Crippen molar-refractivity contribution >= 4 is 6.08 Å². The van der Waals surface area contributed by atoms with Crippen molar-refractivity contribution in [1.82, 2.24) is 0 Å². The Labute approximate surface area is 93.2 Å². The van der Waals surface area contributed by atoms with E-state index < -0.39 is 0 Å². The van der Waals surface area contributed by atoms with Gasteiger partial charge in [-0.2, -0.15) is 5.26 Å². The third-order valence-electron chi connectivity index (χ3n) is 1.91. The second-order valence-corrected chi connectivity index (χ2v) is 2.88. The van der Waals surface area contributed by atoms with Crippen molar-refractivity contribution in [2.45, 2.75) is 0 Å². The van der Waals surface area contributed by atoms with Gasteiger partial charge in [0.25, 0.3) is 0 Å². The van der Waals surface area contributed by atoms with Gasteiger partial charge in [0, 0.05) is 17.0 Å². The molecule has 0 fully saturated rings. The molecule has 0 saturated carbocycles. The minimum absolute atomic E-state index is 0.291. The van der Waals surface area contributed by atoms with Gasteiger partial charge < -0.3 is 4.74 Å². The summed E-state index contributed by atoms with van der Waals surface area (Å²) in [5.74, 6) is 0.622. The van der Waals surface area contributed by atoms with E-state index >= 15 is 0 Å². The van der Waals surface area contributed by atoms with Gasteiger partial charge >= 0.3 is 0 Å². The number of ether oxygens (including phenoxy) is 1. The first-order valence-electron chi connectivity index (χ1n) is 4.57. The highest BCUT2D eigenvalue weighted by Crippen LogP contribution is 2.21. The molecule has 1 rings (SSSR count). The predicted octanol–water partition coefficient (Wildman–Crippen LogP) is 2.89. The van der Waals surface area contributed by atoms with Gasteiger partial charge in [0.2, 0.25) is 0 Å². The molecule has 1 aromatic rings. The molecule has 0 atom stereocenters. The maximum absolute atomic E-state index is 8.72. The van der Waals surface area contributed by atoms with Crippen molar-refractivity contribution in [2.24, 2.45) is 5.11 Å². The zero-order chi connectivity index (χ0) is 11.8. The average Bonchev–Trinajstić information content (AvgIpc) is 2.34. The van der Waals surface area contributed by atoms with Crippen LogP contribution in [0.3, 0.4) is 0 Å². The van der Waals surface area contributed by atoms with Crippen LogP contribution in [0.15, 0.2) is 29.4 Å². The van der Waals surface area contributed by atoms with Crippen molar-refractivity contribution in [1.29, 1.82) is 5.26 Å². The van der Waals surface area contributed by atoms with E-state index in [1.54, 1.807) is 37.5 Å². The number of hydrogen-bond acceptors (Lipinski definition) is 3. The maximum atomic E-state index is 8.72. The Morgan fingerprint density at radius 1 is 1.62 bits per heavy atom. The Bertz CT molecular complexity index is 481. The number of hydrogen-bond donors (Lipinski definition) is 0.